The van der Waals surface area contributed by atoms with Gasteiger partial charge in [-0.05, 0) is 49.8 Å². The molecule has 27 heavy (non-hydrogen) atoms. The first-order valence-electron chi connectivity index (χ1n) is 9.38. The van der Waals surface area contributed by atoms with Crippen LogP contribution in [0.3, 0.4) is 0 Å². The van der Waals surface area contributed by atoms with Crippen LogP contribution >= 0.6 is 11.6 Å². The van der Waals surface area contributed by atoms with E-state index in [0.29, 0.717) is 17.8 Å². The Morgan fingerprint density at radius 1 is 1.37 bits per heavy atom. The second kappa shape index (κ2) is 8.26. The molecule has 1 heterocycles. The first-order valence-corrected chi connectivity index (χ1v) is 9.76. The molecule has 1 atom stereocenters. The zero-order valence-corrected chi connectivity index (χ0v) is 16.4. The topological polar surface area (TPSA) is 51.1 Å². The molecule has 0 aliphatic heterocycles. The minimum atomic E-state index is -0.330. The first kappa shape index (κ1) is 19.6. The van der Waals surface area contributed by atoms with Gasteiger partial charge in [0.25, 0.3) is 11.5 Å². The standard InChI is InChI=1S/C21H24ClFN2O2/c1-3-10-25-13(2)19(17(22)12-18(25)26)21(27)24-20(14-6-4-7-14)15-8-5-9-16(23)11-15/h5,8-9,11-12,14,20H,3-4,6-7,10H2,1-2H3,(H,24,27). The van der Waals surface area contributed by atoms with E-state index in [-0.39, 0.29) is 34.3 Å². The van der Waals surface area contributed by atoms with Crippen molar-refractivity contribution in [2.45, 2.75) is 52.1 Å². The van der Waals surface area contributed by atoms with E-state index in [1.807, 2.05) is 13.0 Å². The highest BCUT2D eigenvalue weighted by molar-refractivity contribution is 6.34. The van der Waals surface area contributed by atoms with Gasteiger partial charge in [0, 0.05) is 18.3 Å². The van der Waals surface area contributed by atoms with E-state index in [1.165, 1.54) is 18.2 Å². The molecule has 1 aromatic heterocycles. The maximum absolute atomic E-state index is 13.7. The second-order valence-corrected chi connectivity index (χ2v) is 7.55. The highest BCUT2D eigenvalue weighted by Crippen LogP contribution is 2.38. The lowest BCUT2D eigenvalue weighted by atomic mass is 9.77. The number of hydrogen-bond donors (Lipinski definition) is 1. The van der Waals surface area contributed by atoms with Gasteiger partial charge in [-0.1, -0.05) is 37.1 Å². The third-order valence-corrected chi connectivity index (χ3v) is 5.61. The van der Waals surface area contributed by atoms with Gasteiger partial charge >= 0.3 is 0 Å². The zero-order valence-electron chi connectivity index (χ0n) is 15.6. The lowest BCUT2D eigenvalue weighted by molar-refractivity contribution is 0.0899. The fourth-order valence-electron chi connectivity index (χ4n) is 3.67. The summed E-state index contributed by atoms with van der Waals surface area (Å²) in [7, 11) is 0. The summed E-state index contributed by atoms with van der Waals surface area (Å²) in [5.74, 6) is -0.378. The Bertz CT molecular complexity index is 906. The van der Waals surface area contributed by atoms with Gasteiger partial charge in [0.15, 0.2) is 0 Å². The number of hydrogen-bond acceptors (Lipinski definition) is 2. The van der Waals surface area contributed by atoms with Crippen LogP contribution in [0.4, 0.5) is 4.39 Å². The summed E-state index contributed by atoms with van der Waals surface area (Å²) in [5, 5.41) is 3.19. The molecule has 144 valence electrons. The number of amides is 1. The highest BCUT2D eigenvalue weighted by atomic mass is 35.5. The Balaban J connectivity index is 1.95. The van der Waals surface area contributed by atoms with Crippen molar-refractivity contribution in [1.82, 2.24) is 9.88 Å². The summed E-state index contributed by atoms with van der Waals surface area (Å²) in [4.78, 5) is 25.2. The molecule has 0 spiro atoms. The van der Waals surface area contributed by atoms with Crippen molar-refractivity contribution in [1.29, 1.82) is 0 Å². The molecular weight excluding hydrogens is 367 g/mol. The van der Waals surface area contributed by atoms with Gasteiger partial charge in [-0.25, -0.2) is 4.39 Å². The third-order valence-electron chi connectivity index (χ3n) is 5.31. The summed E-state index contributed by atoms with van der Waals surface area (Å²) < 4.78 is 15.3. The van der Waals surface area contributed by atoms with Crippen LogP contribution in [0.15, 0.2) is 35.1 Å². The predicted octanol–water partition coefficient (Wildman–Crippen LogP) is 4.63. The van der Waals surface area contributed by atoms with E-state index in [9.17, 15) is 14.0 Å². The SMILES string of the molecule is CCCn1c(C)c(C(=O)NC(c2cccc(F)c2)C2CCC2)c(Cl)cc1=O. The van der Waals surface area contributed by atoms with E-state index >= 15 is 0 Å². The Hall–Kier alpha value is -2.14. The van der Waals surface area contributed by atoms with Crippen LogP contribution in [0.1, 0.15) is 60.3 Å². The molecule has 1 aliphatic carbocycles. The minimum absolute atomic E-state index is 0.147. The number of carbonyl (C=O) groups excluding carboxylic acids is 1. The normalized spacial score (nSPS) is 15.3. The summed E-state index contributed by atoms with van der Waals surface area (Å²) in [5.41, 5.74) is 1.41. The molecule has 4 nitrogen and oxygen atoms in total. The molecule has 1 aromatic carbocycles. The van der Waals surface area contributed by atoms with Gasteiger partial charge in [0.05, 0.1) is 16.6 Å². The van der Waals surface area contributed by atoms with Crippen molar-refractivity contribution in [2.75, 3.05) is 0 Å². The molecule has 3 rings (SSSR count). The fourth-order valence-corrected chi connectivity index (χ4v) is 3.98. The molecule has 2 aromatic rings. The molecule has 1 saturated carbocycles. The third kappa shape index (κ3) is 4.08. The van der Waals surface area contributed by atoms with E-state index in [0.717, 1.165) is 31.2 Å². The number of aromatic nitrogens is 1. The number of rotatable bonds is 6. The van der Waals surface area contributed by atoms with Crippen LogP contribution in [0.25, 0.3) is 0 Å². The van der Waals surface area contributed by atoms with Crippen molar-refractivity contribution in [3.63, 3.8) is 0 Å². The van der Waals surface area contributed by atoms with E-state index < -0.39 is 0 Å². The Labute approximate surface area is 163 Å². The quantitative estimate of drug-likeness (QED) is 0.781. The molecule has 1 unspecified atom stereocenters. The molecule has 0 radical (unpaired) electrons. The monoisotopic (exact) mass is 390 g/mol. The van der Waals surface area contributed by atoms with Crippen LogP contribution in [-0.4, -0.2) is 10.5 Å². The first-order chi connectivity index (χ1) is 12.9. The zero-order chi connectivity index (χ0) is 19.6. The molecular formula is C21H24ClFN2O2. The van der Waals surface area contributed by atoms with Crippen LogP contribution in [0.2, 0.25) is 5.02 Å². The van der Waals surface area contributed by atoms with Gasteiger partial charge in [0.2, 0.25) is 0 Å². The fraction of sp³-hybridized carbons (Fsp3) is 0.429. The Morgan fingerprint density at radius 2 is 2.11 bits per heavy atom. The van der Waals surface area contributed by atoms with Gasteiger partial charge in [0.1, 0.15) is 5.82 Å². The molecule has 0 bridgehead atoms. The summed E-state index contributed by atoms with van der Waals surface area (Å²) in [6.45, 7) is 4.23. The maximum Gasteiger partial charge on any atom is 0.255 e. The van der Waals surface area contributed by atoms with Gasteiger partial charge in [-0.15, -0.1) is 0 Å². The van der Waals surface area contributed by atoms with Crippen molar-refractivity contribution in [3.05, 3.63) is 68.3 Å². The number of nitrogens with one attached hydrogen (secondary N) is 1. The van der Waals surface area contributed by atoms with Crippen molar-refractivity contribution in [3.8, 4) is 0 Å². The number of pyridine rings is 1. The molecule has 1 aliphatic rings. The minimum Gasteiger partial charge on any atom is -0.345 e. The second-order valence-electron chi connectivity index (χ2n) is 7.14. The highest BCUT2D eigenvalue weighted by Gasteiger charge is 2.31. The largest absolute Gasteiger partial charge is 0.345 e. The number of benzene rings is 1. The van der Waals surface area contributed by atoms with Gasteiger partial charge in [-0.3, -0.25) is 9.59 Å². The van der Waals surface area contributed by atoms with E-state index in [1.54, 1.807) is 17.6 Å². The molecule has 1 N–H and O–H groups in total. The van der Waals surface area contributed by atoms with Crippen molar-refractivity contribution < 1.29 is 9.18 Å². The number of carbonyl (C=O) groups is 1. The summed E-state index contributed by atoms with van der Waals surface area (Å²) in [6.07, 6.45) is 3.86. The predicted molar refractivity (Wildman–Crippen MR) is 105 cm³/mol. The van der Waals surface area contributed by atoms with Gasteiger partial charge in [-0.2, -0.15) is 0 Å². The molecule has 6 heteroatoms. The summed E-state index contributed by atoms with van der Waals surface area (Å²) >= 11 is 6.25. The smallest absolute Gasteiger partial charge is 0.255 e. The van der Waals surface area contributed by atoms with E-state index in [4.69, 9.17) is 11.6 Å². The van der Waals surface area contributed by atoms with Crippen molar-refractivity contribution >= 4 is 17.5 Å². The Morgan fingerprint density at radius 3 is 2.70 bits per heavy atom. The Kier molecular flexibility index (Phi) is 6.00. The van der Waals surface area contributed by atoms with E-state index in [2.05, 4.69) is 5.32 Å². The van der Waals surface area contributed by atoms with Crippen LogP contribution in [0.5, 0.6) is 0 Å². The van der Waals surface area contributed by atoms with Crippen LogP contribution in [-0.2, 0) is 6.54 Å². The van der Waals surface area contributed by atoms with Gasteiger partial charge < -0.3 is 9.88 Å². The average Bonchev–Trinajstić information content (AvgIpc) is 2.56. The van der Waals surface area contributed by atoms with Crippen molar-refractivity contribution in [2.24, 2.45) is 5.92 Å². The average molecular weight is 391 g/mol. The van der Waals surface area contributed by atoms with Crippen LogP contribution in [0, 0.1) is 18.7 Å². The lowest BCUT2D eigenvalue weighted by Crippen LogP contribution is -2.37. The summed E-state index contributed by atoms with van der Waals surface area (Å²) in [6, 6.07) is 7.37. The number of halogens is 2. The maximum atomic E-state index is 13.7. The lowest BCUT2D eigenvalue weighted by Gasteiger charge is -2.35. The molecule has 0 saturated heterocycles. The van der Waals surface area contributed by atoms with Crippen LogP contribution < -0.4 is 10.9 Å². The molecule has 1 amide bonds. The molecule has 1 fully saturated rings. The number of nitrogens with zero attached hydrogens (tertiary/aromatic N) is 1.